The lowest BCUT2D eigenvalue weighted by molar-refractivity contribution is -0.117. The molecule has 184 valence electrons. The van der Waals surface area contributed by atoms with Gasteiger partial charge in [0.2, 0.25) is 0 Å². The Morgan fingerprint density at radius 3 is 2.73 bits per heavy atom. The molecule has 2 heterocycles. The minimum absolute atomic E-state index is 0.0321. The molecule has 0 bridgehead atoms. The molecule has 3 aromatic carbocycles. The number of allylic oxidation sites excluding steroid dienone is 1. The molecule has 1 amide bonds. The maximum absolute atomic E-state index is 13.4. The largest absolute Gasteiger partial charge is 0.503 e. The highest BCUT2D eigenvalue weighted by Gasteiger charge is 2.45. The van der Waals surface area contributed by atoms with Crippen molar-refractivity contribution in [2.24, 2.45) is 0 Å². The van der Waals surface area contributed by atoms with Gasteiger partial charge in [-0.3, -0.25) is 14.5 Å². The van der Waals surface area contributed by atoms with Crippen molar-refractivity contribution in [3.05, 3.63) is 119 Å². The van der Waals surface area contributed by atoms with Crippen LogP contribution in [0, 0.1) is 0 Å². The van der Waals surface area contributed by atoms with Gasteiger partial charge >= 0.3 is 0 Å². The summed E-state index contributed by atoms with van der Waals surface area (Å²) in [5.74, 6) is -1.26. The van der Waals surface area contributed by atoms with Crippen LogP contribution in [-0.2, 0) is 9.59 Å². The number of carbonyl (C=O) groups is 2. The predicted octanol–water partition coefficient (Wildman–Crippen LogP) is 6.70. The van der Waals surface area contributed by atoms with E-state index in [0.29, 0.717) is 33.6 Å². The number of benzene rings is 3. The summed E-state index contributed by atoms with van der Waals surface area (Å²) in [6.45, 7) is 3.96. The van der Waals surface area contributed by atoms with Gasteiger partial charge in [0.1, 0.15) is 12.4 Å². The second-order valence-corrected chi connectivity index (χ2v) is 9.67. The molecular weight excluding hydrogens is 508 g/mol. The van der Waals surface area contributed by atoms with E-state index in [1.807, 2.05) is 30.3 Å². The van der Waals surface area contributed by atoms with Crippen LogP contribution in [0.3, 0.4) is 0 Å². The smallest absolute Gasteiger partial charge is 0.296 e. The van der Waals surface area contributed by atoms with Crippen LogP contribution in [0.25, 0.3) is 16.3 Å². The zero-order chi connectivity index (χ0) is 25.9. The second kappa shape index (κ2) is 10.4. The number of fused-ring (bicyclic) bond motifs is 1. The molecule has 8 heteroatoms. The molecule has 0 radical (unpaired) electrons. The van der Waals surface area contributed by atoms with Crippen LogP contribution in [-0.4, -0.2) is 28.4 Å². The number of halogens is 1. The first-order valence-corrected chi connectivity index (χ1v) is 12.6. The summed E-state index contributed by atoms with van der Waals surface area (Å²) in [4.78, 5) is 32.8. The second-order valence-electron chi connectivity index (χ2n) is 8.23. The van der Waals surface area contributed by atoms with Crippen LogP contribution < -0.4 is 9.64 Å². The van der Waals surface area contributed by atoms with E-state index in [9.17, 15) is 14.7 Å². The van der Waals surface area contributed by atoms with Crippen LogP contribution >= 0.6 is 22.9 Å². The standard InChI is InChI=1S/C29H21ClN2O4S/c1-2-15-36-21-10-6-9-19(16-21)26-25(23(33)14-11-18-7-4-3-5-8-18)27(34)28(35)32(26)29-31-22-13-12-20(30)17-24(22)37-29/h2-14,16-17,26,34H,1,15H2/b14-11+. The van der Waals surface area contributed by atoms with Gasteiger partial charge in [0.05, 0.1) is 21.8 Å². The number of hydrogen-bond donors (Lipinski definition) is 1. The van der Waals surface area contributed by atoms with E-state index in [1.165, 1.54) is 22.3 Å². The lowest BCUT2D eigenvalue weighted by atomic mass is 9.95. The Labute approximate surface area is 222 Å². The molecule has 0 spiro atoms. The van der Waals surface area contributed by atoms with E-state index in [4.69, 9.17) is 16.3 Å². The highest BCUT2D eigenvalue weighted by atomic mass is 35.5. The van der Waals surface area contributed by atoms with Gasteiger partial charge in [0, 0.05) is 5.02 Å². The average molecular weight is 529 g/mol. The van der Waals surface area contributed by atoms with E-state index >= 15 is 0 Å². The van der Waals surface area contributed by atoms with Crippen LogP contribution in [0.5, 0.6) is 5.75 Å². The van der Waals surface area contributed by atoms with Gasteiger partial charge in [-0.15, -0.1) is 0 Å². The Kier molecular flexibility index (Phi) is 6.90. The molecule has 0 fully saturated rings. The van der Waals surface area contributed by atoms with Crippen LogP contribution in [0.4, 0.5) is 5.13 Å². The van der Waals surface area contributed by atoms with E-state index in [0.717, 1.165) is 10.3 Å². The molecular formula is C29H21ClN2O4S. The minimum atomic E-state index is -0.913. The van der Waals surface area contributed by atoms with Crippen molar-refractivity contribution in [2.45, 2.75) is 6.04 Å². The third kappa shape index (κ3) is 4.91. The highest BCUT2D eigenvalue weighted by molar-refractivity contribution is 7.22. The van der Waals surface area contributed by atoms with Gasteiger partial charge in [0.15, 0.2) is 16.7 Å². The number of amides is 1. The molecule has 0 saturated carbocycles. The number of nitrogens with zero attached hydrogens (tertiary/aromatic N) is 2. The summed E-state index contributed by atoms with van der Waals surface area (Å²) in [5, 5.41) is 11.8. The van der Waals surface area contributed by atoms with E-state index in [-0.39, 0.29) is 5.57 Å². The Bertz CT molecular complexity index is 1580. The monoisotopic (exact) mass is 528 g/mol. The molecule has 1 N–H and O–H groups in total. The van der Waals surface area contributed by atoms with Gasteiger partial charge < -0.3 is 9.84 Å². The van der Waals surface area contributed by atoms with Crippen molar-refractivity contribution >= 4 is 56.1 Å². The SMILES string of the molecule is C=CCOc1cccc(C2C(C(=O)/C=C/c3ccccc3)=C(O)C(=O)N2c2nc3ccc(Cl)cc3s2)c1. The molecule has 1 atom stereocenters. The number of aliphatic hydroxyl groups is 1. The van der Waals surface area contributed by atoms with E-state index in [1.54, 1.807) is 54.6 Å². The molecule has 0 aliphatic carbocycles. The Balaban J connectivity index is 1.61. The first-order chi connectivity index (χ1) is 18.0. The van der Waals surface area contributed by atoms with Crippen molar-refractivity contribution in [3.8, 4) is 5.75 Å². The minimum Gasteiger partial charge on any atom is -0.503 e. The number of aromatic nitrogens is 1. The number of ether oxygens (including phenoxy) is 1. The van der Waals surface area contributed by atoms with E-state index < -0.39 is 23.5 Å². The van der Waals surface area contributed by atoms with Gasteiger partial charge in [-0.1, -0.05) is 84.1 Å². The molecule has 1 aliphatic rings. The van der Waals surface area contributed by atoms with Crippen molar-refractivity contribution in [3.63, 3.8) is 0 Å². The number of rotatable bonds is 8. The summed E-state index contributed by atoms with van der Waals surface area (Å²) in [6.07, 6.45) is 4.64. The number of thiazole rings is 1. The summed E-state index contributed by atoms with van der Waals surface area (Å²) in [5.41, 5.74) is 2.03. The Morgan fingerprint density at radius 1 is 1.14 bits per heavy atom. The quantitative estimate of drug-likeness (QED) is 0.203. The molecule has 6 nitrogen and oxygen atoms in total. The van der Waals surface area contributed by atoms with Crippen molar-refractivity contribution in [1.29, 1.82) is 0 Å². The van der Waals surface area contributed by atoms with Crippen LogP contribution in [0.15, 0.2) is 103 Å². The third-order valence-electron chi connectivity index (χ3n) is 5.79. The number of carbonyl (C=O) groups excluding carboxylic acids is 2. The molecule has 5 rings (SSSR count). The van der Waals surface area contributed by atoms with Gasteiger partial charge in [-0.25, -0.2) is 4.98 Å². The van der Waals surface area contributed by atoms with Gasteiger partial charge in [-0.05, 0) is 47.5 Å². The predicted molar refractivity (Wildman–Crippen MR) is 147 cm³/mol. The fraction of sp³-hybridized carbons (Fsp3) is 0.0690. The van der Waals surface area contributed by atoms with E-state index in [2.05, 4.69) is 11.6 Å². The van der Waals surface area contributed by atoms with Crippen LogP contribution in [0.1, 0.15) is 17.2 Å². The summed E-state index contributed by atoms with van der Waals surface area (Å²) < 4.78 is 6.46. The van der Waals surface area contributed by atoms with Crippen molar-refractivity contribution in [2.75, 3.05) is 11.5 Å². The zero-order valence-corrected chi connectivity index (χ0v) is 21.1. The number of ketones is 1. The lowest BCUT2D eigenvalue weighted by Gasteiger charge is -2.24. The first-order valence-electron chi connectivity index (χ1n) is 11.4. The lowest BCUT2D eigenvalue weighted by Crippen LogP contribution is -2.30. The summed E-state index contributed by atoms with van der Waals surface area (Å²) in [6, 6.07) is 20.7. The molecule has 1 aromatic heterocycles. The van der Waals surface area contributed by atoms with Crippen LogP contribution in [0.2, 0.25) is 5.02 Å². The maximum atomic E-state index is 13.4. The Hall–Kier alpha value is -4.20. The van der Waals surface area contributed by atoms with Crippen molar-refractivity contribution < 1.29 is 19.4 Å². The Morgan fingerprint density at radius 2 is 1.95 bits per heavy atom. The molecule has 4 aromatic rings. The first kappa shape index (κ1) is 24.5. The fourth-order valence-corrected chi connectivity index (χ4v) is 5.38. The number of hydrogen-bond acceptors (Lipinski definition) is 6. The van der Waals surface area contributed by atoms with Crippen molar-refractivity contribution in [1.82, 2.24) is 4.98 Å². The van der Waals surface area contributed by atoms with Gasteiger partial charge in [-0.2, -0.15) is 0 Å². The molecule has 1 unspecified atom stereocenters. The maximum Gasteiger partial charge on any atom is 0.296 e. The number of aliphatic hydroxyl groups excluding tert-OH is 1. The molecule has 37 heavy (non-hydrogen) atoms. The highest BCUT2D eigenvalue weighted by Crippen LogP contribution is 2.44. The molecule has 0 saturated heterocycles. The third-order valence-corrected chi connectivity index (χ3v) is 7.04. The zero-order valence-electron chi connectivity index (χ0n) is 19.5. The van der Waals surface area contributed by atoms with Gasteiger partial charge in [0.25, 0.3) is 5.91 Å². The molecule has 1 aliphatic heterocycles. The number of anilines is 1. The normalized spacial score (nSPS) is 15.6. The topological polar surface area (TPSA) is 79.7 Å². The fourth-order valence-electron chi connectivity index (χ4n) is 4.11. The summed E-state index contributed by atoms with van der Waals surface area (Å²) in [7, 11) is 0. The summed E-state index contributed by atoms with van der Waals surface area (Å²) >= 11 is 7.40. The average Bonchev–Trinajstić information content (AvgIpc) is 3.44.